The molecule has 2 aromatic rings. The van der Waals surface area contributed by atoms with Crippen molar-refractivity contribution in [1.82, 2.24) is 19.5 Å². The van der Waals surface area contributed by atoms with Crippen molar-refractivity contribution in [2.75, 3.05) is 18.9 Å². The summed E-state index contributed by atoms with van der Waals surface area (Å²) in [4.78, 5) is 55.7. The molecular weight excluding hydrogens is 626 g/mol. The number of hydrogen-bond donors (Lipinski definition) is 6. The molecule has 6 atom stereocenters. The SMILES string of the molecule is CC1C(OP(=O)(O)OCCC#N)[C@@H](CO[PH](=O)O)O[C@H]1n1cnc2c(=O)[nH]c(N)nc21.O=[PH](O)O.[Y]. The van der Waals surface area contributed by atoms with E-state index < -0.39 is 60.9 Å². The van der Waals surface area contributed by atoms with Crippen LogP contribution in [-0.2, 0) is 64.7 Å². The fourth-order valence-electron chi connectivity index (χ4n) is 3.17. The Hall–Kier alpha value is -0.886. The molecule has 1 saturated heterocycles. The molecule has 3 heterocycles. The van der Waals surface area contributed by atoms with E-state index in [1.54, 1.807) is 13.0 Å². The second kappa shape index (κ2) is 14.9. The van der Waals surface area contributed by atoms with Crippen molar-refractivity contribution in [2.45, 2.75) is 31.8 Å². The number of ether oxygens (including phenoxy) is 1. The third-order valence-electron chi connectivity index (χ3n) is 4.47. The number of aromatic nitrogens is 4. The maximum atomic E-state index is 12.3. The van der Waals surface area contributed by atoms with Crippen molar-refractivity contribution in [3.8, 4) is 6.07 Å². The molecule has 0 aliphatic carbocycles. The number of nitrogens with zero attached hydrogens (tertiary/aromatic N) is 4. The number of anilines is 1. The molecular formula is C14H23N6O12P3Y. The van der Waals surface area contributed by atoms with Crippen molar-refractivity contribution in [1.29, 1.82) is 5.26 Å². The largest absolute Gasteiger partial charge is 0.472 e. The summed E-state index contributed by atoms with van der Waals surface area (Å²) >= 11 is 0. The third kappa shape index (κ3) is 9.45. The van der Waals surface area contributed by atoms with Gasteiger partial charge in [-0.05, 0) is 0 Å². The van der Waals surface area contributed by atoms with Gasteiger partial charge in [0.25, 0.3) is 5.56 Å². The van der Waals surface area contributed by atoms with Crippen LogP contribution in [0.4, 0.5) is 5.95 Å². The molecule has 0 aromatic carbocycles. The van der Waals surface area contributed by atoms with Crippen LogP contribution in [-0.4, -0.2) is 64.5 Å². The van der Waals surface area contributed by atoms with Crippen molar-refractivity contribution < 1.29 is 84.3 Å². The van der Waals surface area contributed by atoms with Gasteiger partial charge < -0.3 is 34.6 Å². The normalized spacial score (nSPS) is 23.8. The van der Waals surface area contributed by atoms with Gasteiger partial charge in [0, 0.05) is 38.6 Å². The van der Waals surface area contributed by atoms with Gasteiger partial charge in [-0.2, -0.15) is 10.2 Å². The monoisotopic (exact) mass is 649 g/mol. The first-order chi connectivity index (χ1) is 16.4. The molecule has 0 bridgehead atoms. The van der Waals surface area contributed by atoms with E-state index in [-0.39, 0.29) is 62.8 Å². The van der Waals surface area contributed by atoms with Gasteiger partial charge in [0.1, 0.15) is 18.4 Å². The van der Waals surface area contributed by atoms with Gasteiger partial charge in [-0.1, -0.05) is 6.92 Å². The predicted molar refractivity (Wildman–Crippen MR) is 117 cm³/mol. The van der Waals surface area contributed by atoms with Crippen LogP contribution in [0.25, 0.3) is 11.2 Å². The van der Waals surface area contributed by atoms with Crippen LogP contribution in [0.5, 0.6) is 0 Å². The van der Waals surface area contributed by atoms with E-state index in [1.807, 2.05) is 0 Å². The Morgan fingerprint density at radius 1 is 1.39 bits per heavy atom. The van der Waals surface area contributed by atoms with Crippen LogP contribution in [0, 0.1) is 17.2 Å². The number of nitrogen functional groups attached to an aromatic ring is 1. The maximum Gasteiger partial charge on any atom is 0.472 e. The standard InChI is InChI=1S/C14H20N6O9P2.H3O3P.Y/c1-7-10(29-31(24,25)27-4-2-3-15)8(5-26-30(22)23)28-13(7)20-6-17-9-11(20)18-14(16)19-12(9)21;1-4(2)3;/h6-8,10,13,30H,2,4-5H2,1H3,(H,22,23)(H,24,25)(H3,16,18,19,21);4H,(H2,1,2,3);/t7?,8-,10?,13-;;/m1../s1. The first kappa shape index (κ1) is 33.1. The van der Waals surface area contributed by atoms with Crippen molar-refractivity contribution in [3.05, 3.63) is 16.7 Å². The Morgan fingerprint density at radius 3 is 2.61 bits per heavy atom. The number of nitrogens with one attached hydrogen (secondary N) is 1. The summed E-state index contributed by atoms with van der Waals surface area (Å²) in [5.74, 6) is -0.809. The van der Waals surface area contributed by atoms with E-state index >= 15 is 0 Å². The van der Waals surface area contributed by atoms with E-state index in [9.17, 15) is 18.8 Å². The molecule has 3 rings (SSSR count). The number of nitrogens with two attached hydrogens (primary N) is 1. The van der Waals surface area contributed by atoms with E-state index in [0.717, 1.165) is 0 Å². The summed E-state index contributed by atoms with van der Waals surface area (Å²) < 4.78 is 54.0. The van der Waals surface area contributed by atoms with E-state index in [0.29, 0.717) is 0 Å². The molecule has 1 radical (unpaired) electrons. The number of hydrogen-bond acceptors (Lipinski definition) is 12. The average Bonchev–Trinajstić information content (AvgIpc) is 3.27. The average molecular weight is 649 g/mol. The summed E-state index contributed by atoms with van der Waals surface area (Å²) in [6.07, 6.45) is -1.93. The molecule has 0 saturated carbocycles. The van der Waals surface area contributed by atoms with Crippen LogP contribution < -0.4 is 11.3 Å². The number of rotatable bonds is 9. The zero-order chi connectivity index (χ0) is 26.3. The zero-order valence-corrected chi connectivity index (χ0v) is 24.2. The van der Waals surface area contributed by atoms with Gasteiger partial charge in [-0.3, -0.25) is 32.5 Å². The molecule has 2 aromatic heterocycles. The summed E-state index contributed by atoms with van der Waals surface area (Å²) in [7, 11) is -11.0. The Balaban J connectivity index is 0.00000120. The number of phosphoric ester groups is 1. The minimum atomic E-state index is -4.60. The quantitative estimate of drug-likeness (QED) is 0.146. The van der Waals surface area contributed by atoms with Gasteiger partial charge in [-0.15, -0.1) is 0 Å². The van der Waals surface area contributed by atoms with Crippen molar-refractivity contribution in [3.63, 3.8) is 0 Å². The predicted octanol–water partition coefficient (Wildman–Crippen LogP) is -0.592. The minimum Gasteiger partial charge on any atom is -0.369 e. The maximum absolute atomic E-state index is 12.3. The molecule has 0 amide bonds. The Morgan fingerprint density at radius 2 is 2.03 bits per heavy atom. The second-order valence-electron chi connectivity index (χ2n) is 6.84. The Labute approximate surface area is 229 Å². The van der Waals surface area contributed by atoms with Gasteiger partial charge in [0.2, 0.25) is 5.95 Å². The Bertz CT molecular complexity index is 1220. The fourth-order valence-corrected chi connectivity index (χ4v) is 4.50. The number of imidazole rings is 1. The van der Waals surface area contributed by atoms with E-state index in [2.05, 4.69) is 15.0 Å². The topological polar surface area (TPSA) is 282 Å². The van der Waals surface area contributed by atoms with E-state index in [4.69, 9.17) is 48.5 Å². The van der Waals surface area contributed by atoms with Gasteiger partial charge in [0.05, 0.1) is 32.0 Å². The molecule has 1 fully saturated rings. The number of H-pyrrole nitrogens is 1. The minimum absolute atomic E-state index is 0. The molecule has 1 aliphatic rings. The van der Waals surface area contributed by atoms with Gasteiger partial charge >= 0.3 is 24.3 Å². The van der Waals surface area contributed by atoms with Gasteiger partial charge in [-0.25, -0.2) is 9.55 Å². The number of phosphoric acid groups is 1. The first-order valence-corrected chi connectivity index (χ1v) is 13.6. The summed E-state index contributed by atoms with van der Waals surface area (Å²) in [5.41, 5.74) is 5.13. The van der Waals surface area contributed by atoms with Crippen LogP contribution in [0.2, 0.25) is 0 Å². The van der Waals surface area contributed by atoms with Crippen LogP contribution in [0.1, 0.15) is 19.6 Å². The molecule has 4 unspecified atom stereocenters. The Kier molecular flexibility index (Phi) is 13.7. The molecule has 22 heteroatoms. The number of aromatic amines is 1. The molecule has 199 valence electrons. The van der Waals surface area contributed by atoms with Crippen molar-refractivity contribution in [2.24, 2.45) is 5.92 Å². The summed E-state index contributed by atoms with van der Waals surface area (Å²) in [5, 5.41) is 8.54. The fraction of sp³-hybridized carbons (Fsp3) is 0.571. The van der Waals surface area contributed by atoms with Crippen LogP contribution in [0.3, 0.4) is 0 Å². The van der Waals surface area contributed by atoms with Crippen LogP contribution >= 0.6 is 24.3 Å². The molecule has 7 N–H and O–H groups in total. The second-order valence-corrected chi connectivity index (χ2v) is 9.63. The molecule has 0 spiro atoms. The third-order valence-corrected chi connectivity index (χ3v) is 5.90. The smallest absolute Gasteiger partial charge is 0.369 e. The zero-order valence-electron chi connectivity index (χ0n) is 18.5. The summed E-state index contributed by atoms with van der Waals surface area (Å²) in [6, 6.07) is 1.76. The van der Waals surface area contributed by atoms with Crippen LogP contribution in [0.15, 0.2) is 11.1 Å². The van der Waals surface area contributed by atoms with Gasteiger partial charge in [0.15, 0.2) is 11.2 Å². The summed E-state index contributed by atoms with van der Waals surface area (Å²) in [6.45, 7) is 0.856. The number of nitriles is 1. The van der Waals surface area contributed by atoms with E-state index in [1.165, 1.54) is 10.9 Å². The molecule has 18 nitrogen and oxygen atoms in total. The first-order valence-electron chi connectivity index (χ1n) is 9.54. The molecule has 36 heavy (non-hydrogen) atoms. The van der Waals surface area contributed by atoms with Crippen molar-refractivity contribution >= 4 is 41.4 Å². The molecule has 1 aliphatic heterocycles. The number of fused-ring (bicyclic) bond motifs is 1.